The molecule has 45 heavy (non-hydrogen) atoms. The van der Waals surface area contributed by atoms with Crippen LogP contribution < -0.4 is 16.0 Å². The number of carbonyl (C=O) groups is 3. The van der Waals surface area contributed by atoms with E-state index in [0.29, 0.717) is 41.4 Å². The Kier molecular flexibility index (Phi) is 11.9. The Morgan fingerprint density at radius 3 is 2.27 bits per heavy atom. The molecular formula is C37H41ClN4O3. The molecule has 0 spiro atoms. The van der Waals surface area contributed by atoms with E-state index in [-0.39, 0.29) is 17.7 Å². The molecule has 7 nitrogen and oxygen atoms in total. The number of anilines is 1. The quantitative estimate of drug-likeness (QED) is 0.136. The van der Waals surface area contributed by atoms with Crippen molar-refractivity contribution >= 4 is 52.0 Å². The molecule has 0 fully saturated rings. The maximum Gasteiger partial charge on any atom is 0.246 e. The highest BCUT2D eigenvalue weighted by Crippen LogP contribution is 2.25. The van der Waals surface area contributed by atoms with Gasteiger partial charge in [-0.25, -0.2) is 0 Å². The first-order valence-electron chi connectivity index (χ1n) is 15.4. The molecule has 0 radical (unpaired) electrons. The van der Waals surface area contributed by atoms with Crippen LogP contribution in [0.5, 0.6) is 0 Å². The van der Waals surface area contributed by atoms with Crippen LogP contribution in [0.2, 0.25) is 5.02 Å². The summed E-state index contributed by atoms with van der Waals surface area (Å²) >= 11 is 6.14. The number of rotatable bonds is 13. The number of nitrogens with zero attached hydrogens (tertiary/aromatic N) is 1. The minimum absolute atomic E-state index is 0.125. The van der Waals surface area contributed by atoms with E-state index in [4.69, 9.17) is 11.6 Å². The Bertz CT molecular complexity index is 1640. The van der Waals surface area contributed by atoms with Crippen LogP contribution in [0.25, 0.3) is 17.0 Å². The molecule has 2 atom stereocenters. The number of amides is 3. The van der Waals surface area contributed by atoms with Crippen LogP contribution in [0, 0.1) is 5.92 Å². The fourth-order valence-electron chi connectivity index (χ4n) is 5.03. The average molecular weight is 625 g/mol. The van der Waals surface area contributed by atoms with Gasteiger partial charge in [-0.1, -0.05) is 93.9 Å². The smallest absolute Gasteiger partial charge is 0.246 e. The van der Waals surface area contributed by atoms with E-state index < -0.39 is 18.0 Å². The van der Waals surface area contributed by atoms with Crippen molar-refractivity contribution in [1.29, 1.82) is 0 Å². The van der Waals surface area contributed by atoms with Gasteiger partial charge in [-0.15, -0.1) is 0 Å². The van der Waals surface area contributed by atoms with Gasteiger partial charge in [-0.3, -0.25) is 19.4 Å². The third-order valence-electron chi connectivity index (χ3n) is 7.53. The zero-order valence-electron chi connectivity index (χ0n) is 26.2. The molecule has 0 aliphatic carbocycles. The summed E-state index contributed by atoms with van der Waals surface area (Å²) in [6.45, 7) is 8.23. The lowest BCUT2D eigenvalue weighted by Gasteiger charge is -2.24. The Hall–Kier alpha value is -4.49. The Morgan fingerprint density at radius 1 is 0.844 bits per heavy atom. The van der Waals surface area contributed by atoms with Crippen molar-refractivity contribution in [2.75, 3.05) is 5.32 Å². The number of fused-ring (bicyclic) bond motifs is 1. The van der Waals surface area contributed by atoms with Gasteiger partial charge in [-0.05, 0) is 78.1 Å². The number of hydrogen-bond donors (Lipinski definition) is 3. The molecule has 0 saturated carbocycles. The number of aryl methyl sites for hydroxylation is 1. The lowest BCUT2D eigenvalue weighted by molar-refractivity contribution is -0.130. The molecule has 0 saturated heterocycles. The van der Waals surface area contributed by atoms with E-state index in [1.807, 2.05) is 68.4 Å². The summed E-state index contributed by atoms with van der Waals surface area (Å²) in [6.07, 6.45) is 6.12. The Morgan fingerprint density at radius 2 is 1.58 bits per heavy atom. The van der Waals surface area contributed by atoms with Crippen LogP contribution in [0.4, 0.5) is 5.69 Å². The topological polar surface area (TPSA) is 100 Å². The highest BCUT2D eigenvalue weighted by molar-refractivity contribution is 6.31. The summed E-state index contributed by atoms with van der Waals surface area (Å²) in [7, 11) is 0. The summed E-state index contributed by atoms with van der Waals surface area (Å²) in [4.78, 5) is 44.7. The molecule has 4 rings (SSSR count). The summed E-state index contributed by atoms with van der Waals surface area (Å²) in [5, 5.41) is 10.1. The molecule has 3 aromatic carbocycles. The van der Waals surface area contributed by atoms with Crippen molar-refractivity contribution in [1.82, 2.24) is 15.6 Å². The zero-order chi connectivity index (χ0) is 32.3. The van der Waals surface area contributed by atoms with E-state index in [1.54, 1.807) is 36.5 Å². The fourth-order valence-corrected chi connectivity index (χ4v) is 5.20. The summed E-state index contributed by atoms with van der Waals surface area (Å²) < 4.78 is 0. The minimum Gasteiger partial charge on any atom is -0.342 e. The molecular weight excluding hydrogens is 584 g/mol. The van der Waals surface area contributed by atoms with E-state index in [9.17, 15) is 14.4 Å². The lowest BCUT2D eigenvalue weighted by atomic mass is 10.0. The molecule has 3 N–H and O–H groups in total. The largest absolute Gasteiger partial charge is 0.342 e. The van der Waals surface area contributed by atoms with Crippen molar-refractivity contribution in [3.8, 4) is 0 Å². The molecule has 8 heteroatoms. The van der Waals surface area contributed by atoms with Crippen LogP contribution in [0.3, 0.4) is 0 Å². The highest BCUT2D eigenvalue weighted by Gasteiger charge is 2.27. The molecule has 0 unspecified atom stereocenters. The van der Waals surface area contributed by atoms with Gasteiger partial charge < -0.3 is 16.0 Å². The first kappa shape index (κ1) is 33.4. The maximum absolute atomic E-state index is 13.7. The van der Waals surface area contributed by atoms with Gasteiger partial charge in [-0.2, -0.15) is 0 Å². The van der Waals surface area contributed by atoms with Crippen LogP contribution in [0.1, 0.15) is 63.1 Å². The molecule has 3 amide bonds. The van der Waals surface area contributed by atoms with E-state index in [1.165, 1.54) is 11.6 Å². The standard InChI is InChI=1S/C37H41ClN4O3/c1-24(2)22-34(40-35(43)19-13-27-10-14-28(15-11-27)25(3)4)37(45)42-32(18-12-26-8-6-5-7-9-26)36(44)41-31-20-21-39-33-23-29(38)16-17-30(31)33/h5-11,13-17,19-21,23-25,32,34H,12,18,22H2,1-4H3,(H,40,43)(H,42,45)(H,39,41,44)/b19-13+/t32-,34-/m1/s1. The van der Waals surface area contributed by atoms with Gasteiger partial charge in [0.2, 0.25) is 17.7 Å². The second kappa shape index (κ2) is 16.0. The SMILES string of the molecule is CC(C)C[C@@H](NC(=O)/C=C/c1ccc(C(C)C)cc1)C(=O)N[C@H](CCc1ccccc1)C(=O)Nc1ccnc2cc(Cl)ccc12. The minimum atomic E-state index is -0.852. The first-order chi connectivity index (χ1) is 21.6. The Labute approximate surface area is 270 Å². The number of hydrogen-bond acceptors (Lipinski definition) is 4. The van der Waals surface area contributed by atoms with Gasteiger partial charge in [0.05, 0.1) is 11.2 Å². The maximum atomic E-state index is 13.7. The van der Waals surface area contributed by atoms with Crippen molar-refractivity contribution < 1.29 is 14.4 Å². The molecule has 0 aliphatic heterocycles. The second-order valence-corrected chi connectivity index (χ2v) is 12.4. The fraction of sp³-hybridized carbons (Fsp3) is 0.297. The number of halogens is 1. The second-order valence-electron chi connectivity index (χ2n) is 11.9. The molecule has 0 bridgehead atoms. The van der Waals surface area contributed by atoms with Crippen molar-refractivity contribution in [3.05, 3.63) is 113 Å². The molecule has 234 valence electrons. The normalized spacial score (nSPS) is 12.8. The number of benzene rings is 3. The van der Waals surface area contributed by atoms with Gasteiger partial charge in [0, 0.05) is 22.7 Å². The predicted molar refractivity (Wildman–Crippen MR) is 183 cm³/mol. The van der Waals surface area contributed by atoms with E-state index in [2.05, 4.69) is 34.8 Å². The third kappa shape index (κ3) is 10.0. The first-order valence-corrected chi connectivity index (χ1v) is 15.7. The van der Waals surface area contributed by atoms with Crippen molar-refractivity contribution in [2.45, 2.75) is 65.0 Å². The summed E-state index contributed by atoms with van der Waals surface area (Å²) in [5.74, 6) is -0.605. The van der Waals surface area contributed by atoms with E-state index >= 15 is 0 Å². The number of aromatic nitrogens is 1. The average Bonchev–Trinajstić information content (AvgIpc) is 3.02. The van der Waals surface area contributed by atoms with Crippen LogP contribution >= 0.6 is 11.6 Å². The zero-order valence-corrected chi connectivity index (χ0v) is 27.0. The van der Waals surface area contributed by atoms with Gasteiger partial charge in [0.1, 0.15) is 12.1 Å². The van der Waals surface area contributed by atoms with Crippen molar-refractivity contribution in [3.63, 3.8) is 0 Å². The van der Waals surface area contributed by atoms with Crippen LogP contribution in [-0.2, 0) is 20.8 Å². The van der Waals surface area contributed by atoms with Crippen LogP contribution in [-0.4, -0.2) is 34.8 Å². The number of pyridine rings is 1. The molecule has 1 heterocycles. The highest BCUT2D eigenvalue weighted by atomic mass is 35.5. The molecule has 4 aromatic rings. The summed E-state index contributed by atoms with van der Waals surface area (Å²) in [6, 6.07) is 23.1. The third-order valence-corrected chi connectivity index (χ3v) is 7.77. The lowest BCUT2D eigenvalue weighted by Crippen LogP contribution is -2.53. The Balaban J connectivity index is 1.50. The van der Waals surface area contributed by atoms with E-state index in [0.717, 1.165) is 16.5 Å². The summed E-state index contributed by atoms with van der Waals surface area (Å²) in [5.41, 5.74) is 4.38. The number of nitrogens with one attached hydrogen (secondary N) is 3. The van der Waals surface area contributed by atoms with Crippen LogP contribution in [0.15, 0.2) is 91.1 Å². The molecule has 0 aliphatic rings. The van der Waals surface area contributed by atoms with Gasteiger partial charge in [0.15, 0.2) is 0 Å². The monoisotopic (exact) mass is 624 g/mol. The van der Waals surface area contributed by atoms with Gasteiger partial charge >= 0.3 is 0 Å². The van der Waals surface area contributed by atoms with Crippen molar-refractivity contribution in [2.24, 2.45) is 5.92 Å². The number of carbonyl (C=O) groups excluding carboxylic acids is 3. The predicted octanol–water partition coefficient (Wildman–Crippen LogP) is 7.31. The molecule has 1 aromatic heterocycles. The van der Waals surface area contributed by atoms with Gasteiger partial charge in [0.25, 0.3) is 0 Å².